The Kier molecular flexibility index (Phi) is 3.74. The predicted octanol–water partition coefficient (Wildman–Crippen LogP) is 3.39. The lowest BCUT2D eigenvalue weighted by atomic mass is 10.0. The Bertz CT molecular complexity index is 661. The summed E-state index contributed by atoms with van der Waals surface area (Å²) in [5.74, 6) is -0.310. The average Bonchev–Trinajstić information content (AvgIpc) is 2.83. The molecule has 2 aromatic rings. The van der Waals surface area contributed by atoms with E-state index in [-0.39, 0.29) is 11.7 Å². The highest BCUT2D eigenvalue weighted by molar-refractivity contribution is 6.05. The SMILES string of the molecule is CC(=O)c1c[nH]c(C(=O)Nc2c(C)cc(C)cc2C)c1. The number of anilines is 1. The van der Waals surface area contributed by atoms with Crippen molar-refractivity contribution in [3.63, 3.8) is 0 Å². The highest BCUT2D eigenvalue weighted by atomic mass is 16.2. The first-order valence-corrected chi connectivity index (χ1v) is 6.47. The maximum Gasteiger partial charge on any atom is 0.272 e. The van der Waals surface area contributed by atoms with Gasteiger partial charge in [0.1, 0.15) is 5.69 Å². The van der Waals surface area contributed by atoms with Gasteiger partial charge in [-0.2, -0.15) is 0 Å². The second-order valence-electron chi connectivity index (χ2n) is 5.09. The van der Waals surface area contributed by atoms with Gasteiger partial charge in [0.25, 0.3) is 5.91 Å². The van der Waals surface area contributed by atoms with Crippen molar-refractivity contribution in [2.45, 2.75) is 27.7 Å². The molecule has 0 saturated heterocycles. The van der Waals surface area contributed by atoms with Crippen LogP contribution in [0.1, 0.15) is 44.5 Å². The minimum Gasteiger partial charge on any atom is -0.356 e. The number of aromatic nitrogens is 1. The molecule has 1 aromatic heterocycles. The van der Waals surface area contributed by atoms with E-state index >= 15 is 0 Å². The van der Waals surface area contributed by atoms with Crippen LogP contribution in [0.15, 0.2) is 24.4 Å². The molecule has 0 aliphatic carbocycles. The summed E-state index contributed by atoms with van der Waals surface area (Å²) in [4.78, 5) is 26.2. The third kappa shape index (κ3) is 2.79. The van der Waals surface area contributed by atoms with E-state index in [1.54, 1.807) is 12.3 Å². The summed E-state index contributed by atoms with van der Waals surface area (Å²) in [7, 11) is 0. The fourth-order valence-electron chi connectivity index (χ4n) is 2.29. The monoisotopic (exact) mass is 270 g/mol. The van der Waals surface area contributed by atoms with Gasteiger partial charge in [-0.1, -0.05) is 17.7 Å². The normalized spacial score (nSPS) is 10.4. The molecule has 4 heteroatoms. The van der Waals surface area contributed by atoms with Crippen LogP contribution in [0, 0.1) is 20.8 Å². The lowest BCUT2D eigenvalue weighted by Gasteiger charge is -2.12. The maximum absolute atomic E-state index is 12.2. The molecule has 104 valence electrons. The molecule has 2 N–H and O–H groups in total. The fraction of sp³-hybridized carbons (Fsp3) is 0.250. The molecule has 0 aliphatic rings. The third-order valence-electron chi connectivity index (χ3n) is 3.25. The summed E-state index contributed by atoms with van der Waals surface area (Å²) < 4.78 is 0. The van der Waals surface area contributed by atoms with Crippen LogP contribution in [0.3, 0.4) is 0 Å². The first-order valence-electron chi connectivity index (χ1n) is 6.47. The van der Waals surface area contributed by atoms with Crippen molar-refractivity contribution in [1.82, 2.24) is 4.98 Å². The van der Waals surface area contributed by atoms with E-state index in [9.17, 15) is 9.59 Å². The molecule has 4 nitrogen and oxygen atoms in total. The van der Waals surface area contributed by atoms with Gasteiger partial charge in [0.15, 0.2) is 5.78 Å². The van der Waals surface area contributed by atoms with Crippen molar-refractivity contribution in [3.8, 4) is 0 Å². The Morgan fingerprint density at radius 2 is 1.65 bits per heavy atom. The zero-order chi connectivity index (χ0) is 14.9. The number of carbonyl (C=O) groups excluding carboxylic acids is 2. The van der Waals surface area contributed by atoms with Crippen molar-refractivity contribution in [1.29, 1.82) is 0 Å². The van der Waals surface area contributed by atoms with E-state index in [0.29, 0.717) is 11.3 Å². The maximum atomic E-state index is 12.2. The molecule has 0 saturated carbocycles. The van der Waals surface area contributed by atoms with Gasteiger partial charge in [-0.15, -0.1) is 0 Å². The zero-order valence-corrected chi connectivity index (χ0v) is 12.1. The number of H-pyrrole nitrogens is 1. The minimum absolute atomic E-state index is 0.0667. The van der Waals surface area contributed by atoms with Crippen LogP contribution in [0.5, 0.6) is 0 Å². The standard InChI is InChI=1S/C16H18N2O2/c1-9-5-10(2)15(11(3)6-9)18-16(20)14-7-13(8-17-14)12(4)19/h5-8,17H,1-4H3,(H,18,20). The van der Waals surface area contributed by atoms with Crippen molar-refractivity contribution in [3.05, 3.63) is 52.3 Å². The van der Waals surface area contributed by atoms with Crippen LogP contribution in [0.25, 0.3) is 0 Å². The van der Waals surface area contributed by atoms with Gasteiger partial charge in [0, 0.05) is 17.4 Å². The summed E-state index contributed by atoms with van der Waals surface area (Å²) in [6.45, 7) is 7.42. The Morgan fingerprint density at radius 1 is 1.05 bits per heavy atom. The van der Waals surface area contributed by atoms with Crippen LogP contribution in [-0.2, 0) is 0 Å². The molecule has 1 aromatic carbocycles. The number of nitrogens with one attached hydrogen (secondary N) is 2. The van der Waals surface area contributed by atoms with Gasteiger partial charge in [-0.25, -0.2) is 0 Å². The van der Waals surface area contributed by atoms with Crippen molar-refractivity contribution in [2.75, 3.05) is 5.32 Å². The highest BCUT2D eigenvalue weighted by Crippen LogP contribution is 2.22. The number of hydrogen-bond donors (Lipinski definition) is 2. The third-order valence-corrected chi connectivity index (χ3v) is 3.25. The Morgan fingerprint density at radius 3 is 2.15 bits per heavy atom. The number of aromatic amines is 1. The number of ketones is 1. The molecule has 0 aliphatic heterocycles. The van der Waals surface area contributed by atoms with E-state index < -0.39 is 0 Å². The summed E-state index contributed by atoms with van der Waals surface area (Å²) in [5, 5.41) is 2.89. The van der Waals surface area contributed by atoms with Crippen LogP contribution in [0.2, 0.25) is 0 Å². The Balaban J connectivity index is 2.25. The van der Waals surface area contributed by atoms with E-state index in [4.69, 9.17) is 0 Å². The number of benzene rings is 1. The summed E-state index contributed by atoms with van der Waals surface area (Å²) >= 11 is 0. The lowest BCUT2D eigenvalue weighted by Crippen LogP contribution is -2.14. The van der Waals surface area contributed by atoms with Crippen LogP contribution in [0.4, 0.5) is 5.69 Å². The quantitative estimate of drug-likeness (QED) is 0.840. The minimum atomic E-state index is -0.243. The van der Waals surface area contributed by atoms with E-state index in [1.807, 2.05) is 32.9 Å². The first kappa shape index (κ1) is 14.1. The molecule has 1 amide bonds. The number of amides is 1. The van der Waals surface area contributed by atoms with Crippen molar-refractivity contribution < 1.29 is 9.59 Å². The first-order chi connectivity index (χ1) is 9.38. The van der Waals surface area contributed by atoms with Gasteiger partial charge in [0.2, 0.25) is 0 Å². The van der Waals surface area contributed by atoms with Crippen LogP contribution >= 0.6 is 0 Å². The summed E-state index contributed by atoms with van der Waals surface area (Å²) in [6, 6.07) is 5.62. The zero-order valence-electron chi connectivity index (χ0n) is 12.1. The summed E-state index contributed by atoms with van der Waals surface area (Å²) in [5.41, 5.74) is 4.92. The molecule has 20 heavy (non-hydrogen) atoms. The fourth-order valence-corrected chi connectivity index (χ4v) is 2.29. The van der Waals surface area contributed by atoms with Gasteiger partial charge in [-0.3, -0.25) is 9.59 Å². The molecule has 0 bridgehead atoms. The molecule has 0 unspecified atom stereocenters. The number of carbonyl (C=O) groups is 2. The van der Waals surface area contributed by atoms with Crippen molar-refractivity contribution >= 4 is 17.4 Å². The number of rotatable bonds is 3. The largest absolute Gasteiger partial charge is 0.356 e. The van der Waals surface area contributed by atoms with Crippen molar-refractivity contribution in [2.24, 2.45) is 0 Å². The highest BCUT2D eigenvalue weighted by Gasteiger charge is 2.13. The molecule has 0 spiro atoms. The van der Waals surface area contributed by atoms with Crippen LogP contribution < -0.4 is 5.32 Å². The number of Topliss-reactive ketones (excluding diaryl/α,β-unsaturated/α-hetero) is 1. The molecule has 2 rings (SSSR count). The second kappa shape index (κ2) is 5.33. The van der Waals surface area contributed by atoms with Gasteiger partial charge < -0.3 is 10.3 Å². The van der Waals surface area contributed by atoms with Crippen LogP contribution in [-0.4, -0.2) is 16.7 Å². The second-order valence-corrected chi connectivity index (χ2v) is 5.09. The Labute approximate surface area is 118 Å². The number of aryl methyl sites for hydroxylation is 3. The average molecular weight is 270 g/mol. The predicted molar refractivity (Wildman–Crippen MR) is 79.4 cm³/mol. The van der Waals surface area contributed by atoms with Gasteiger partial charge in [-0.05, 0) is 44.9 Å². The lowest BCUT2D eigenvalue weighted by molar-refractivity contribution is 0.101. The molecule has 0 radical (unpaired) electrons. The molecule has 0 atom stereocenters. The summed E-state index contributed by atoms with van der Waals surface area (Å²) in [6.07, 6.45) is 1.55. The molecule has 1 heterocycles. The molecule has 0 fully saturated rings. The van der Waals surface area contributed by atoms with E-state index in [1.165, 1.54) is 6.92 Å². The smallest absolute Gasteiger partial charge is 0.272 e. The number of hydrogen-bond acceptors (Lipinski definition) is 2. The van der Waals surface area contributed by atoms with Gasteiger partial charge in [0.05, 0.1) is 0 Å². The molecular weight excluding hydrogens is 252 g/mol. The van der Waals surface area contributed by atoms with E-state index in [2.05, 4.69) is 10.3 Å². The topological polar surface area (TPSA) is 62.0 Å². The molecular formula is C16H18N2O2. The Hall–Kier alpha value is -2.36. The van der Waals surface area contributed by atoms with Gasteiger partial charge >= 0.3 is 0 Å². The van der Waals surface area contributed by atoms with E-state index in [0.717, 1.165) is 22.4 Å².